The van der Waals surface area contributed by atoms with Crippen molar-refractivity contribution in [3.05, 3.63) is 29.8 Å². The maximum absolute atomic E-state index is 12.6. The third-order valence-corrected chi connectivity index (χ3v) is 4.60. The molecule has 0 heterocycles. The number of benzene rings is 1. The molecular weight excluding hydrogens is 315 g/mol. The average Bonchev–Trinajstić information content (AvgIpc) is 2.47. The number of carbonyl (C=O) groups is 1. The summed E-state index contributed by atoms with van der Waals surface area (Å²) < 4.78 is 37.8. The van der Waals surface area contributed by atoms with E-state index in [-0.39, 0.29) is 17.7 Å². The Morgan fingerprint density at radius 3 is 2.73 bits per heavy atom. The standard InChI is InChI=1S/C15H18F3NO2S/c16-15(17,18)10-4-3-5-11(8-10)22-9-14(21)19-12-6-1-2-7-13(12)20/h3-5,8,12-13,20H,1-2,6-7,9H2,(H,19,21). The van der Waals surface area contributed by atoms with Gasteiger partial charge in [-0.2, -0.15) is 13.2 Å². The molecule has 1 amide bonds. The van der Waals surface area contributed by atoms with Gasteiger partial charge in [-0.1, -0.05) is 18.9 Å². The van der Waals surface area contributed by atoms with Crippen molar-refractivity contribution in [1.82, 2.24) is 5.32 Å². The van der Waals surface area contributed by atoms with E-state index in [1.54, 1.807) is 6.07 Å². The Labute approximate surface area is 131 Å². The van der Waals surface area contributed by atoms with Crippen LogP contribution in [0.5, 0.6) is 0 Å². The van der Waals surface area contributed by atoms with Crippen molar-refractivity contribution in [3.8, 4) is 0 Å². The third-order valence-electron chi connectivity index (χ3n) is 3.61. The highest BCUT2D eigenvalue weighted by Crippen LogP contribution is 2.31. The van der Waals surface area contributed by atoms with Gasteiger partial charge in [0.15, 0.2) is 0 Å². The molecule has 0 aliphatic heterocycles. The van der Waals surface area contributed by atoms with Gasteiger partial charge in [0.05, 0.1) is 23.5 Å². The van der Waals surface area contributed by atoms with Crippen LogP contribution in [0, 0.1) is 0 Å². The van der Waals surface area contributed by atoms with E-state index in [1.165, 1.54) is 6.07 Å². The molecule has 1 aromatic rings. The summed E-state index contributed by atoms with van der Waals surface area (Å²) in [5, 5.41) is 12.5. The van der Waals surface area contributed by atoms with Crippen LogP contribution in [-0.4, -0.2) is 28.9 Å². The molecule has 1 fully saturated rings. The summed E-state index contributed by atoms with van der Waals surface area (Å²) in [5.41, 5.74) is -0.722. The number of hydrogen-bond acceptors (Lipinski definition) is 3. The Kier molecular flexibility index (Phi) is 5.74. The minimum atomic E-state index is -4.38. The van der Waals surface area contributed by atoms with E-state index in [0.29, 0.717) is 11.3 Å². The predicted octanol–water partition coefficient (Wildman–Crippen LogP) is 3.22. The van der Waals surface area contributed by atoms with Crippen LogP contribution in [0.2, 0.25) is 0 Å². The Morgan fingerprint density at radius 2 is 2.05 bits per heavy atom. The Morgan fingerprint density at radius 1 is 1.32 bits per heavy atom. The molecule has 2 unspecified atom stereocenters. The molecule has 0 bridgehead atoms. The zero-order chi connectivity index (χ0) is 16.2. The summed E-state index contributed by atoms with van der Waals surface area (Å²) in [6.07, 6.45) is -1.59. The number of nitrogens with one attached hydrogen (secondary N) is 1. The van der Waals surface area contributed by atoms with E-state index < -0.39 is 17.8 Å². The maximum atomic E-state index is 12.6. The van der Waals surface area contributed by atoms with E-state index in [1.807, 2.05) is 0 Å². The van der Waals surface area contributed by atoms with E-state index in [2.05, 4.69) is 5.32 Å². The van der Waals surface area contributed by atoms with Crippen molar-refractivity contribution >= 4 is 17.7 Å². The summed E-state index contributed by atoms with van der Waals surface area (Å²) in [6, 6.07) is 4.66. The van der Waals surface area contributed by atoms with Crippen LogP contribution in [0.15, 0.2) is 29.2 Å². The number of amides is 1. The fourth-order valence-corrected chi connectivity index (χ4v) is 3.21. The number of aliphatic hydroxyl groups is 1. The van der Waals surface area contributed by atoms with E-state index >= 15 is 0 Å². The smallest absolute Gasteiger partial charge is 0.391 e. The molecule has 0 saturated heterocycles. The van der Waals surface area contributed by atoms with Gasteiger partial charge in [0, 0.05) is 4.90 Å². The molecule has 1 aromatic carbocycles. The molecule has 122 valence electrons. The first-order valence-corrected chi connectivity index (χ1v) is 8.12. The number of halogens is 3. The molecule has 2 rings (SSSR count). The lowest BCUT2D eigenvalue weighted by Crippen LogP contribution is -2.45. The van der Waals surface area contributed by atoms with Crippen molar-refractivity contribution in [1.29, 1.82) is 0 Å². The average molecular weight is 333 g/mol. The van der Waals surface area contributed by atoms with Gasteiger partial charge < -0.3 is 10.4 Å². The normalized spacial score (nSPS) is 22.4. The van der Waals surface area contributed by atoms with Gasteiger partial charge >= 0.3 is 6.18 Å². The molecule has 2 N–H and O–H groups in total. The SMILES string of the molecule is O=C(CSc1cccc(C(F)(F)F)c1)NC1CCCCC1O. The molecule has 3 nitrogen and oxygen atoms in total. The van der Waals surface area contributed by atoms with Gasteiger partial charge in [-0.3, -0.25) is 4.79 Å². The monoisotopic (exact) mass is 333 g/mol. The Hall–Kier alpha value is -1.21. The third kappa shape index (κ3) is 4.91. The summed E-state index contributed by atoms with van der Waals surface area (Å²) in [6.45, 7) is 0. The summed E-state index contributed by atoms with van der Waals surface area (Å²) >= 11 is 1.05. The lowest BCUT2D eigenvalue weighted by molar-refractivity contribution is -0.137. The van der Waals surface area contributed by atoms with Crippen molar-refractivity contribution < 1.29 is 23.1 Å². The second-order valence-electron chi connectivity index (χ2n) is 5.34. The molecular formula is C15H18F3NO2S. The highest BCUT2D eigenvalue weighted by molar-refractivity contribution is 8.00. The van der Waals surface area contributed by atoms with Crippen molar-refractivity contribution in [2.24, 2.45) is 0 Å². The van der Waals surface area contributed by atoms with Crippen LogP contribution < -0.4 is 5.32 Å². The Bertz CT molecular complexity index is 522. The minimum Gasteiger partial charge on any atom is -0.391 e. The largest absolute Gasteiger partial charge is 0.416 e. The van der Waals surface area contributed by atoms with Crippen LogP contribution in [0.1, 0.15) is 31.2 Å². The summed E-state index contributed by atoms with van der Waals surface area (Å²) in [4.78, 5) is 12.2. The molecule has 2 atom stereocenters. The van der Waals surface area contributed by atoms with Crippen LogP contribution >= 0.6 is 11.8 Å². The molecule has 0 aromatic heterocycles. The highest BCUT2D eigenvalue weighted by Gasteiger charge is 2.30. The van der Waals surface area contributed by atoms with Crippen LogP contribution in [0.25, 0.3) is 0 Å². The van der Waals surface area contributed by atoms with Crippen molar-refractivity contribution in [2.45, 2.75) is 48.9 Å². The zero-order valence-electron chi connectivity index (χ0n) is 11.9. The summed E-state index contributed by atoms with van der Waals surface area (Å²) in [5.74, 6) is -0.238. The first-order valence-electron chi connectivity index (χ1n) is 7.14. The van der Waals surface area contributed by atoms with Gasteiger partial charge in [-0.15, -0.1) is 11.8 Å². The zero-order valence-corrected chi connectivity index (χ0v) is 12.7. The van der Waals surface area contributed by atoms with Crippen molar-refractivity contribution in [2.75, 3.05) is 5.75 Å². The number of carbonyl (C=O) groups excluding carboxylic acids is 1. The fraction of sp³-hybridized carbons (Fsp3) is 0.533. The lowest BCUT2D eigenvalue weighted by atomic mass is 9.93. The minimum absolute atomic E-state index is 0.0323. The van der Waals surface area contributed by atoms with Gasteiger partial charge in [0.2, 0.25) is 5.91 Å². The van der Waals surface area contributed by atoms with Gasteiger partial charge in [-0.05, 0) is 31.0 Å². The molecule has 1 aliphatic rings. The first-order chi connectivity index (χ1) is 10.4. The molecule has 1 saturated carbocycles. The number of hydrogen-bond donors (Lipinski definition) is 2. The quantitative estimate of drug-likeness (QED) is 0.832. The Balaban J connectivity index is 1.86. The second kappa shape index (κ2) is 7.37. The second-order valence-corrected chi connectivity index (χ2v) is 6.39. The molecule has 22 heavy (non-hydrogen) atoms. The molecule has 1 aliphatic carbocycles. The molecule has 0 radical (unpaired) electrons. The van der Waals surface area contributed by atoms with E-state index in [0.717, 1.165) is 43.2 Å². The van der Waals surface area contributed by atoms with Crippen LogP contribution in [0.4, 0.5) is 13.2 Å². The van der Waals surface area contributed by atoms with Crippen LogP contribution in [0.3, 0.4) is 0 Å². The number of rotatable bonds is 4. The van der Waals surface area contributed by atoms with Gasteiger partial charge in [-0.25, -0.2) is 0 Å². The maximum Gasteiger partial charge on any atom is 0.416 e. The van der Waals surface area contributed by atoms with Gasteiger partial charge in [0.25, 0.3) is 0 Å². The van der Waals surface area contributed by atoms with Crippen LogP contribution in [-0.2, 0) is 11.0 Å². The number of thioether (sulfide) groups is 1. The highest BCUT2D eigenvalue weighted by atomic mass is 32.2. The van der Waals surface area contributed by atoms with E-state index in [9.17, 15) is 23.1 Å². The van der Waals surface area contributed by atoms with Gasteiger partial charge in [0.1, 0.15) is 0 Å². The van der Waals surface area contributed by atoms with Crippen molar-refractivity contribution in [3.63, 3.8) is 0 Å². The molecule has 0 spiro atoms. The van der Waals surface area contributed by atoms with E-state index in [4.69, 9.17) is 0 Å². The fourth-order valence-electron chi connectivity index (χ4n) is 2.44. The summed E-state index contributed by atoms with van der Waals surface area (Å²) in [7, 11) is 0. The number of alkyl halides is 3. The predicted molar refractivity (Wildman–Crippen MR) is 78.6 cm³/mol. The molecule has 7 heteroatoms. The topological polar surface area (TPSA) is 49.3 Å². The number of aliphatic hydroxyl groups excluding tert-OH is 1. The lowest BCUT2D eigenvalue weighted by Gasteiger charge is -2.28. The first kappa shape index (κ1) is 17.1.